The van der Waals surface area contributed by atoms with Gasteiger partial charge in [0.05, 0.1) is 11.8 Å². The van der Waals surface area contributed by atoms with Gasteiger partial charge in [-0.2, -0.15) is 5.10 Å². The molecule has 0 bridgehead atoms. The van der Waals surface area contributed by atoms with E-state index in [0.717, 1.165) is 5.56 Å². The maximum atomic E-state index is 13.6. The quantitative estimate of drug-likeness (QED) is 0.237. The molecule has 1 aromatic heterocycles. The van der Waals surface area contributed by atoms with Gasteiger partial charge in [0.25, 0.3) is 0 Å². The van der Waals surface area contributed by atoms with Gasteiger partial charge in [-0.3, -0.25) is 5.43 Å². The number of halogens is 5. The molecule has 0 atom stereocenters. The monoisotopic (exact) mass is 378 g/mol. The number of hydrogen-bond donors (Lipinski definition) is 1. The highest BCUT2D eigenvalue weighted by atomic mass is 19.2. The van der Waals surface area contributed by atoms with E-state index >= 15 is 0 Å². The lowest BCUT2D eigenvalue weighted by Crippen LogP contribution is -2.07. The third-order valence-corrected chi connectivity index (χ3v) is 3.50. The zero-order chi connectivity index (χ0) is 19.6. The normalized spacial score (nSPS) is 11.2. The molecule has 0 aliphatic heterocycles. The lowest BCUT2D eigenvalue weighted by atomic mass is 10.2. The van der Waals surface area contributed by atoms with Crippen molar-refractivity contribution in [2.75, 3.05) is 5.43 Å². The van der Waals surface area contributed by atoms with Crippen molar-refractivity contribution in [2.45, 2.75) is 6.92 Å². The van der Waals surface area contributed by atoms with Gasteiger partial charge < -0.3 is 0 Å². The molecule has 138 valence electrons. The van der Waals surface area contributed by atoms with Crippen molar-refractivity contribution in [3.63, 3.8) is 0 Å². The summed E-state index contributed by atoms with van der Waals surface area (Å²) in [7, 11) is 0. The summed E-state index contributed by atoms with van der Waals surface area (Å²) in [5.41, 5.74) is 2.55. The van der Waals surface area contributed by atoms with Crippen LogP contribution in [0.2, 0.25) is 0 Å². The summed E-state index contributed by atoms with van der Waals surface area (Å²) in [4.78, 5) is 8.47. The largest absolute Gasteiger partial charge is 0.261 e. The van der Waals surface area contributed by atoms with Crippen LogP contribution in [-0.2, 0) is 0 Å². The minimum atomic E-state index is -2.23. The fourth-order valence-corrected chi connectivity index (χ4v) is 2.24. The lowest BCUT2D eigenvalue weighted by Gasteiger charge is -2.06. The topological polar surface area (TPSA) is 50.2 Å². The van der Waals surface area contributed by atoms with Crippen molar-refractivity contribution in [3.05, 3.63) is 76.7 Å². The van der Waals surface area contributed by atoms with Crippen LogP contribution in [0, 0.1) is 36.0 Å². The number of aromatic nitrogens is 2. The summed E-state index contributed by atoms with van der Waals surface area (Å²) >= 11 is 0. The molecule has 0 spiro atoms. The van der Waals surface area contributed by atoms with Crippen LogP contribution in [0.4, 0.5) is 27.8 Å². The van der Waals surface area contributed by atoms with Gasteiger partial charge in [0.2, 0.25) is 5.82 Å². The van der Waals surface area contributed by atoms with E-state index in [1.54, 1.807) is 31.2 Å². The highest BCUT2D eigenvalue weighted by Gasteiger charge is 2.24. The molecule has 1 N–H and O–H groups in total. The second-order valence-corrected chi connectivity index (χ2v) is 5.44. The maximum Gasteiger partial charge on any atom is 0.200 e. The zero-order valence-corrected chi connectivity index (χ0v) is 13.8. The molecule has 1 heterocycles. The van der Waals surface area contributed by atoms with Crippen LogP contribution >= 0.6 is 0 Å². The highest BCUT2D eigenvalue weighted by molar-refractivity contribution is 5.81. The van der Waals surface area contributed by atoms with Crippen molar-refractivity contribution in [3.8, 4) is 11.4 Å². The first-order valence-electron chi connectivity index (χ1n) is 7.60. The number of aryl methyl sites for hydroxylation is 1. The van der Waals surface area contributed by atoms with Crippen LogP contribution in [0.1, 0.15) is 11.3 Å². The van der Waals surface area contributed by atoms with E-state index < -0.39 is 34.6 Å². The van der Waals surface area contributed by atoms with Gasteiger partial charge in [-0.15, -0.1) is 0 Å². The van der Waals surface area contributed by atoms with Crippen LogP contribution in [0.3, 0.4) is 0 Å². The third kappa shape index (κ3) is 3.76. The standard InChI is InChI=1S/C18H11F5N4/c1-9-7-12(26-18(25-9)10-5-3-2-4-6-10)27-24-8-11-13(19)15(21)17(23)16(22)14(11)20/h2-8H,1H3,(H,25,26,27)/b24-8+. The van der Waals surface area contributed by atoms with Gasteiger partial charge in [0.1, 0.15) is 0 Å². The zero-order valence-electron chi connectivity index (χ0n) is 13.8. The predicted molar refractivity (Wildman–Crippen MR) is 89.7 cm³/mol. The summed E-state index contributed by atoms with van der Waals surface area (Å²) in [6.07, 6.45) is 0.496. The van der Waals surface area contributed by atoms with Crippen LogP contribution in [0.15, 0.2) is 41.5 Å². The summed E-state index contributed by atoms with van der Waals surface area (Å²) in [5.74, 6) is -9.69. The smallest absolute Gasteiger partial charge is 0.200 e. The van der Waals surface area contributed by atoms with Gasteiger partial charge in [-0.05, 0) is 6.92 Å². The number of hydrogen-bond acceptors (Lipinski definition) is 4. The van der Waals surface area contributed by atoms with E-state index in [1.165, 1.54) is 6.07 Å². The van der Waals surface area contributed by atoms with Crippen LogP contribution < -0.4 is 5.43 Å². The Bertz CT molecular complexity index is 993. The Labute approximate surface area is 150 Å². The van der Waals surface area contributed by atoms with Crippen LogP contribution in [0.5, 0.6) is 0 Å². The highest BCUT2D eigenvalue weighted by Crippen LogP contribution is 2.22. The van der Waals surface area contributed by atoms with Crippen LogP contribution in [-0.4, -0.2) is 16.2 Å². The summed E-state index contributed by atoms with van der Waals surface area (Å²) in [6.45, 7) is 1.70. The molecule has 9 heteroatoms. The molecule has 0 aliphatic carbocycles. The lowest BCUT2D eigenvalue weighted by molar-refractivity contribution is 0.377. The molecule has 0 amide bonds. The number of nitrogens with one attached hydrogen (secondary N) is 1. The maximum absolute atomic E-state index is 13.6. The van der Waals surface area contributed by atoms with Crippen molar-refractivity contribution < 1.29 is 22.0 Å². The molecule has 3 aromatic rings. The molecule has 3 rings (SSSR count). The van der Waals surface area contributed by atoms with Gasteiger partial charge in [-0.1, -0.05) is 30.3 Å². The SMILES string of the molecule is Cc1cc(N/N=C/c2c(F)c(F)c(F)c(F)c2F)nc(-c2ccccc2)n1. The number of nitrogens with zero attached hydrogens (tertiary/aromatic N) is 3. The first-order valence-corrected chi connectivity index (χ1v) is 7.60. The molecule has 0 aliphatic rings. The van der Waals surface area contributed by atoms with E-state index in [9.17, 15) is 22.0 Å². The average Bonchev–Trinajstić information content (AvgIpc) is 2.68. The first kappa shape index (κ1) is 18.4. The Hall–Kier alpha value is -3.36. The molecule has 2 aromatic carbocycles. The number of benzene rings is 2. The van der Waals surface area contributed by atoms with E-state index in [2.05, 4.69) is 20.5 Å². The fraction of sp³-hybridized carbons (Fsp3) is 0.0556. The molecule has 0 radical (unpaired) electrons. The van der Waals surface area contributed by atoms with Crippen molar-refractivity contribution in [2.24, 2.45) is 5.10 Å². The van der Waals surface area contributed by atoms with Gasteiger partial charge >= 0.3 is 0 Å². The first-order chi connectivity index (χ1) is 12.9. The molecule has 0 unspecified atom stereocenters. The fourth-order valence-electron chi connectivity index (χ4n) is 2.24. The molecular formula is C18H11F5N4. The molecule has 4 nitrogen and oxygen atoms in total. The minimum absolute atomic E-state index is 0.182. The molecular weight excluding hydrogens is 367 g/mol. The van der Waals surface area contributed by atoms with Gasteiger partial charge in [0.15, 0.2) is 34.9 Å². The Morgan fingerprint density at radius 3 is 2.07 bits per heavy atom. The predicted octanol–water partition coefficient (Wildman–Crippen LogP) is 4.59. The molecule has 27 heavy (non-hydrogen) atoms. The number of hydrazone groups is 1. The second kappa shape index (κ2) is 7.48. The average molecular weight is 378 g/mol. The van der Waals surface area contributed by atoms with Gasteiger partial charge in [0, 0.05) is 17.3 Å². The Balaban J connectivity index is 1.89. The summed E-state index contributed by atoms with van der Waals surface area (Å²) in [5, 5.41) is 3.52. The third-order valence-electron chi connectivity index (χ3n) is 3.50. The Morgan fingerprint density at radius 1 is 0.852 bits per heavy atom. The molecule has 0 fully saturated rings. The minimum Gasteiger partial charge on any atom is -0.261 e. The van der Waals surface area contributed by atoms with Gasteiger partial charge in [-0.25, -0.2) is 31.9 Å². The molecule has 0 saturated heterocycles. The Kier molecular flexibility index (Phi) is 5.11. The number of rotatable bonds is 4. The van der Waals surface area contributed by atoms with E-state index in [0.29, 0.717) is 17.7 Å². The second-order valence-electron chi connectivity index (χ2n) is 5.44. The van der Waals surface area contributed by atoms with Crippen molar-refractivity contribution >= 4 is 12.0 Å². The molecule has 0 saturated carbocycles. The van der Waals surface area contributed by atoms with E-state index in [4.69, 9.17) is 0 Å². The van der Waals surface area contributed by atoms with E-state index in [1.807, 2.05) is 6.07 Å². The van der Waals surface area contributed by atoms with E-state index in [-0.39, 0.29) is 5.82 Å². The summed E-state index contributed by atoms with van der Waals surface area (Å²) < 4.78 is 66.6. The number of anilines is 1. The van der Waals surface area contributed by atoms with Crippen molar-refractivity contribution in [1.82, 2.24) is 9.97 Å². The Morgan fingerprint density at radius 2 is 1.44 bits per heavy atom. The van der Waals surface area contributed by atoms with Crippen LogP contribution in [0.25, 0.3) is 11.4 Å². The van der Waals surface area contributed by atoms with Crippen molar-refractivity contribution in [1.29, 1.82) is 0 Å². The summed E-state index contributed by atoms with van der Waals surface area (Å²) in [6, 6.07) is 10.5.